The van der Waals surface area contributed by atoms with Crippen molar-refractivity contribution in [3.63, 3.8) is 0 Å². The number of rotatable bonds is 7. The molecule has 4 aromatic rings. The second-order valence-corrected chi connectivity index (χ2v) is 12.9. The molecular weight excluding hydrogens is 580 g/mol. The number of pyridine rings is 1. The van der Waals surface area contributed by atoms with E-state index in [4.69, 9.17) is 16.7 Å². The Kier molecular flexibility index (Phi) is 8.01. The standard InChI is InChI=1S/C30H32ClF2N7OS/c1-30(2)19-38(14-11-35-30)22-5-6-27(25(32)17-22)40-18-24(29(36-40)20-7-9-34-10-8-20)23-15-21(31)16-26(28(23)33)37-42(41)39-12-3-4-13-39/h5-10,15-18,35,37H,3-4,11-14,19H2,1-2H3. The summed E-state index contributed by atoms with van der Waals surface area (Å²) in [7, 11) is 0. The van der Waals surface area contributed by atoms with Crippen LogP contribution < -0.4 is 14.9 Å². The molecule has 2 saturated heterocycles. The van der Waals surface area contributed by atoms with E-state index in [2.05, 4.69) is 33.8 Å². The summed E-state index contributed by atoms with van der Waals surface area (Å²) in [6.07, 6.45) is 6.70. The molecular formula is C30H32ClF2N7OS. The third kappa shape index (κ3) is 5.92. The molecule has 220 valence electrons. The number of hydrogen-bond acceptors (Lipinski definition) is 5. The van der Waals surface area contributed by atoms with Crippen molar-refractivity contribution in [3.8, 4) is 28.1 Å². The van der Waals surface area contributed by atoms with Crippen LogP contribution in [-0.4, -0.2) is 61.5 Å². The van der Waals surface area contributed by atoms with Crippen molar-refractivity contribution in [1.29, 1.82) is 0 Å². The van der Waals surface area contributed by atoms with Crippen LogP contribution in [-0.2, 0) is 11.2 Å². The van der Waals surface area contributed by atoms with E-state index in [1.54, 1.807) is 41.1 Å². The molecule has 0 spiro atoms. The molecule has 2 fully saturated rings. The Morgan fingerprint density at radius 3 is 2.50 bits per heavy atom. The molecule has 8 nitrogen and oxygen atoms in total. The monoisotopic (exact) mass is 611 g/mol. The van der Waals surface area contributed by atoms with Crippen molar-refractivity contribution >= 4 is 34.1 Å². The highest BCUT2D eigenvalue weighted by molar-refractivity contribution is 7.84. The van der Waals surface area contributed by atoms with Crippen molar-refractivity contribution in [3.05, 3.63) is 77.7 Å². The van der Waals surface area contributed by atoms with E-state index in [9.17, 15) is 4.21 Å². The molecule has 42 heavy (non-hydrogen) atoms. The minimum absolute atomic E-state index is 0.0191. The molecule has 2 aromatic heterocycles. The van der Waals surface area contributed by atoms with E-state index in [0.717, 1.165) is 38.2 Å². The molecule has 0 amide bonds. The van der Waals surface area contributed by atoms with Gasteiger partial charge in [0, 0.05) is 84.3 Å². The lowest BCUT2D eigenvalue weighted by molar-refractivity contribution is 0.353. The molecule has 2 aliphatic heterocycles. The normalized spacial score (nSPS) is 17.9. The molecule has 4 heterocycles. The first-order valence-corrected chi connectivity index (χ1v) is 15.4. The van der Waals surface area contributed by atoms with Gasteiger partial charge in [0.25, 0.3) is 0 Å². The molecule has 0 saturated carbocycles. The SMILES string of the molecule is CC1(C)CN(c2ccc(-n3cc(-c4cc(Cl)cc(NS(=O)N5CCCC5)c4F)c(-c4ccncc4)n3)c(F)c2)CCN1. The molecule has 6 rings (SSSR count). The van der Waals surface area contributed by atoms with Gasteiger partial charge in [0.05, 0.1) is 5.69 Å². The zero-order chi connectivity index (χ0) is 29.4. The van der Waals surface area contributed by atoms with Gasteiger partial charge in [-0.05, 0) is 69.2 Å². The van der Waals surface area contributed by atoms with Crippen molar-refractivity contribution < 1.29 is 13.0 Å². The number of nitrogens with zero attached hydrogens (tertiary/aromatic N) is 5. The second kappa shape index (κ2) is 11.7. The number of hydrogen-bond donors (Lipinski definition) is 2. The lowest BCUT2D eigenvalue weighted by Crippen LogP contribution is -2.57. The summed E-state index contributed by atoms with van der Waals surface area (Å²) in [5.74, 6) is -1.08. The minimum Gasteiger partial charge on any atom is -0.368 e. The first kappa shape index (κ1) is 28.7. The van der Waals surface area contributed by atoms with E-state index in [-0.39, 0.29) is 27.5 Å². The Morgan fingerprint density at radius 1 is 1.02 bits per heavy atom. The van der Waals surface area contributed by atoms with Crippen molar-refractivity contribution in [1.82, 2.24) is 24.4 Å². The molecule has 2 N–H and O–H groups in total. The zero-order valence-corrected chi connectivity index (χ0v) is 25.0. The Morgan fingerprint density at radius 2 is 1.79 bits per heavy atom. The summed E-state index contributed by atoms with van der Waals surface area (Å²) >= 11 is 4.84. The molecule has 2 aliphatic rings. The van der Waals surface area contributed by atoms with Crippen LogP contribution in [0.15, 0.2) is 61.1 Å². The summed E-state index contributed by atoms with van der Waals surface area (Å²) in [6.45, 7) is 7.91. The fourth-order valence-electron chi connectivity index (χ4n) is 5.53. The maximum atomic E-state index is 16.1. The highest BCUT2D eigenvalue weighted by atomic mass is 35.5. The number of piperazine rings is 1. The molecule has 0 aliphatic carbocycles. The van der Waals surface area contributed by atoms with Gasteiger partial charge < -0.3 is 10.2 Å². The first-order valence-electron chi connectivity index (χ1n) is 13.9. The highest BCUT2D eigenvalue weighted by Gasteiger charge is 2.27. The maximum Gasteiger partial charge on any atom is 0.196 e. The lowest BCUT2D eigenvalue weighted by Gasteiger charge is -2.40. The third-order valence-electron chi connectivity index (χ3n) is 7.61. The Hall–Kier alpha value is -3.38. The van der Waals surface area contributed by atoms with Crippen LogP contribution in [0, 0.1) is 11.6 Å². The number of nitrogens with one attached hydrogen (secondary N) is 2. The van der Waals surface area contributed by atoms with Gasteiger partial charge in [0.15, 0.2) is 22.8 Å². The maximum absolute atomic E-state index is 16.1. The molecule has 0 bridgehead atoms. The summed E-state index contributed by atoms with van der Waals surface area (Å²) in [5.41, 5.74) is 2.61. The van der Waals surface area contributed by atoms with Gasteiger partial charge in [-0.2, -0.15) is 5.10 Å². The molecule has 1 atom stereocenters. The third-order valence-corrected chi connectivity index (χ3v) is 9.05. The van der Waals surface area contributed by atoms with E-state index in [1.165, 1.54) is 22.9 Å². The van der Waals surface area contributed by atoms with Gasteiger partial charge in [-0.15, -0.1) is 0 Å². The van der Waals surface area contributed by atoms with Gasteiger partial charge in [-0.3, -0.25) is 9.71 Å². The Balaban J connectivity index is 1.40. The number of aromatic nitrogens is 3. The predicted octanol–water partition coefficient (Wildman–Crippen LogP) is 5.81. The number of halogens is 3. The van der Waals surface area contributed by atoms with Crippen LogP contribution in [0.5, 0.6) is 0 Å². The summed E-state index contributed by atoms with van der Waals surface area (Å²) < 4.78 is 50.6. The van der Waals surface area contributed by atoms with Crippen LogP contribution in [0.3, 0.4) is 0 Å². The molecule has 0 radical (unpaired) electrons. The second-order valence-electron chi connectivity index (χ2n) is 11.2. The largest absolute Gasteiger partial charge is 0.368 e. The highest BCUT2D eigenvalue weighted by Crippen LogP contribution is 2.38. The average Bonchev–Trinajstić information content (AvgIpc) is 3.66. The van der Waals surface area contributed by atoms with Gasteiger partial charge in [-0.1, -0.05) is 11.6 Å². The topological polar surface area (TPSA) is 78.3 Å². The summed E-state index contributed by atoms with van der Waals surface area (Å²) in [4.78, 5) is 6.24. The first-order chi connectivity index (χ1) is 20.2. The predicted molar refractivity (Wildman–Crippen MR) is 164 cm³/mol. The van der Waals surface area contributed by atoms with E-state index >= 15 is 8.78 Å². The van der Waals surface area contributed by atoms with Crippen molar-refractivity contribution in [2.75, 3.05) is 42.3 Å². The van der Waals surface area contributed by atoms with Crippen LogP contribution >= 0.6 is 11.6 Å². The van der Waals surface area contributed by atoms with E-state index in [1.807, 2.05) is 6.07 Å². The van der Waals surface area contributed by atoms with E-state index < -0.39 is 22.8 Å². The minimum atomic E-state index is -1.61. The average molecular weight is 612 g/mol. The molecule has 2 aromatic carbocycles. The van der Waals surface area contributed by atoms with Crippen molar-refractivity contribution in [2.45, 2.75) is 32.2 Å². The zero-order valence-electron chi connectivity index (χ0n) is 23.4. The number of anilines is 2. The smallest absolute Gasteiger partial charge is 0.196 e. The Labute approximate surface area is 251 Å². The lowest BCUT2D eigenvalue weighted by atomic mass is 10.0. The van der Waals surface area contributed by atoms with Crippen molar-refractivity contribution in [2.24, 2.45) is 0 Å². The van der Waals surface area contributed by atoms with Crippen LogP contribution in [0.1, 0.15) is 26.7 Å². The fraction of sp³-hybridized carbons (Fsp3) is 0.333. The molecule has 12 heteroatoms. The van der Waals surface area contributed by atoms with Crippen LogP contribution in [0.4, 0.5) is 20.2 Å². The van der Waals surface area contributed by atoms with Gasteiger partial charge >= 0.3 is 0 Å². The Bertz CT molecular complexity index is 1630. The van der Waals surface area contributed by atoms with E-state index in [0.29, 0.717) is 29.9 Å². The quantitative estimate of drug-likeness (QED) is 0.276. The fourth-order valence-corrected chi connectivity index (χ4v) is 6.80. The molecule has 1 unspecified atom stereocenters. The number of benzene rings is 2. The summed E-state index contributed by atoms with van der Waals surface area (Å²) in [6, 6.07) is 11.5. The van der Waals surface area contributed by atoms with Crippen LogP contribution in [0.25, 0.3) is 28.1 Å². The summed E-state index contributed by atoms with van der Waals surface area (Å²) in [5, 5.41) is 8.43. The van der Waals surface area contributed by atoms with Crippen LogP contribution in [0.2, 0.25) is 5.02 Å². The van der Waals surface area contributed by atoms with Gasteiger partial charge in [-0.25, -0.2) is 22.0 Å². The van der Waals surface area contributed by atoms with Gasteiger partial charge in [0.2, 0.25) is 0 Å². The van der Waals surface area contributed by atoms with Gasteiger partial charge in [0.1, 0.15) is 11.4 Å².